The van der Waals surface area contributed by atoms with Gasteiger partial charge in [0.05, 0.1) is 10.9 Å². The van der Waals surface area contributed by atoms with Crippen molar-refractivity contribution in [2.45, 2.75) is 37.1 Å². The van der Waals surface area contributed by atoms with Gasteiger partial charge in [0.2, 0.25) is 10.0 Å². The Kier molecular flexibility index (Phi) is 3.19. The summed E-state index contributed by atoms with van der Waals surface area (Å²) in [7, 11) is -3.39. The molecule has 3 rings (SSSR count). The van der Waals surface area contributed by atoms with Crippen molar-refractivity contribution in [1.82, 2.24) is 4.72 Å². The summed E-state index contributed by atoms with van der Waals surface area (Å²) in [5, 5.41) is 0. The second kappa shape index (κ2) is 4.68. The van der Waals surface area contributed by atoms with E-state index >= 15 is 0 Å². The summed E-state index contributed by atoms with van der Waals surface area (Å²) in [5.41, 5.74) is 3.11. The van der Waals surface area contributed by atoms with Gasteiger partial charge in [-0.1, -0.05) is 63.2 Å². The average Bonchev–Trinajstić information content (AvgIpc) is 2.71. The van der Waals surface area contributed by atoms with Crippen molar-refractivity contribution in [2.75, 3.05) is 0 Å². The van der Waals surface area contributed by atoms with Crippen LogP contribution in [0.15, 0.2) is 53.4 Å². The summed E-state index contributed by atoms with van der Waals surface area (Å²) in [5.74, 6) is 0. The fourth-order valence-electron chi connectivity index (χ4n) is 2.67. The number of hydrogen-bond donors (Lipinski definition) is 1. The number of rotatable bonds is 1. The lowest BCUT2D eigenvalue weighted by Gasteiger charge is -2.20. The molecule has 1 aliphatic rings. The molecule has 0 amide bonds. The molecular weight excluding hydrogens is 282 g/mol. The molecule has 0 aromatic heterocycles. The fourth-order valence-corrected chi connectivity index (χ4v) is 4.12. The third-order valence-corrected chi connectivity index (χ3v) is 5.40. The molecule has 1 atom stereocenters. The summed E-state index contributed by atoms with van der Waals surface area (Å²) >= 11 is 0. The van der Waals surface area contributed by atoms with Crippen LogP contribution in [-0.4, -0.2) is 8.42 Å². The first kappa shape index (κ1) is 14.3. The highest BCUT2D eigenvalue weighted by molar-refractivity contribution is 7.89. The van der Waals surface area contributed by atoms with Crippen molar-refractivity contribution < 1.29 is 8.42 Å². The molecule has 2 aromatic rings. The third-order valence-electron chi connectivity index (χ3n) is 3.90. The Bertz CT molecular complexity index is 771. The minimum Gasteiger partial charge on any atom is -0.207 e. The van der Waals surface area contributed by atoms with Crippen LogP contribution in [-0.2, 0) is 15.4 Å². The van der Waals surface area contributed by atoms with Gasteiger partial charge in [-0.05, 0) is 28.2 Å². The zero-order chi connectivity index (χ0) is 15.3. The van der Waals surface area contributed by atoms with Crippen molar-refractivity contribution in [3.8, 4) is 0 Å². The van der Waals surface area contributed by atoms with E-state index in [1.165, 1.54) is 5.56 Å². The average molecular weight is 301 g/mol. The highest BCUT2D eigenvalue weighted by Crippen LogP contribution is 2.35. The van der Waals surface area contributed by atoms with Crippen LogP contribution in [0, 0.1) is 0 Å². The van der Waals surface area contributed by atoms with Crippen LogP contribution in [0.2, 0.25) is 0 Å². The number of hydrogen-bond acceptors (Lipinski definition) is 2. The van der Waals surface area contributed by atoms with Crippen LogP contribution in [0.4, 0.5) is 0 Å². The summed E-state index contributed by atoms with van der Waals surface area (Å²) < 4.78 is 27.0. The second-order valence-corrected chi connectivity index (χ2v) is 8.15. The Balaban J connectivity index is 2.03. The summed E-state index contributed by atoms with van der Waals surface area (Å²) in [6.45, 7) is 6.49. The molecule has 0 radical (unpaired) electrons. The lowest BCUT2D eigenvalue weighted by atomic mass is 9.86. The van der Waals surface area contributed by atoms with E-state index < -0.39 is 10.0 Å². The predicted octanol–water partition coefficient (Wildman–Crippen LogP) is 3.37. The minimum atomic E-state index is -3.39. The van der Waals surface area contributed by atoms with E-state index in [9.17, 15) is 8.42 Å². The van der Waals surface area contributed by atoms with Gasteiger partial charge in [0.1, 0.15) is 0 Å². The van der Waals surface area contributed by atoms with Crippen LogP contribution in [0.1, 0.15) is 43.5 Å². The van der Waals surface area contributed by atoms with Gasteiger partial charge in [0, 0.05) is 0 Å². The lowest BCUT2D eigenvalue weighted by Crippen LogP contribution is -2.20. The Morgan fingerprint density at radius 2 is 1.57 bits per heavy atom. The highest BCUT2D eigenvalue weighted by atomic mass is 32.2. The van der Waals surface area contributed by atoms with Crippen LogP contribution in [0.3, 0.4) is 0 Å². The molecule has 0 saturated heterocycles. The van der Waals surface area contributed by atoms with E-state index in [1.807, 2.05) is 24.3 Å². The van der Waals surface area contributed by atoms with Gasteiger partial charge in [0.15, 0.2) is 0 Å². The lowest BCUT2D eigenvalue weighted by molar-refractivity contribution is 0.583. The van der Waals surface area contributed by atoms with E-state index in [4.69, 9.17) is 0 Å². The zero-order valence-corrected chi connectivity index (χ0v) is 13.2. The second-order valence-electron chi connectivity index (χ2n) is 6.46. The number of fused-ring (bicyclic) bond motifs is 1. The van der Waals surface area contributed by atoms with Gasteiger partial charge in [-0.25, -0.2) is 8.42 Å². The summed E-state index contributed by atoms with van der Waals surface area (Å²) in [6.07, 6.45) is 0. The van der Waals surface area contributed by atoms with Crippen LogP contribution >= 0.6 is 0 Å². The van der Waals surface area contributed by atoms with Crippen molar-refractivity contribution in [1.29, 1.82) is 0 Å². The first-order chi connectivity index (χ1) is 9.79. The van der Waals surface area contributed by atoms with E-state index in [1.54, 1.807) is 12.1 Å². The Hall–Kier alpha value is -1.65. The molecule has 4 heteroatoms. The molecule has 2 aromatic carbocycles. The van der Waals surface area contributed by atoms with Gasteiger partial charge >= 0.3 is 0 Å². The number of sulfonamides is 1. The van der Waals surface area contributed by atoms with Gasteiger partial charge in [-0.15, -0.1) is 0 Å². The molecule has 0 fully saturated rings. The molecule has 1 unspecified atom stereocenters. The first-order valence-electron chi connectivity index (χ1n) is 7.01. The Morgan fingerprint density at radius 1 is 0.952 bits per heavy atom. The molecular formula is C17H19NO2S. The van der Waals surface area contributed by atoms with E-state index in [2.05, 4.69) is 37.6 Å². The SMILES string of the molecule is CC(C)(C)c1ccc(C2NS(=O)(=O)c3ccccc32)cc1. The maximum Gasteiger partial charge on any atom is 0.241 e. The minimum absolute atomic E-state index is 0.0889. The number of benzene rings is 2. The maximum absolute atomic E-state index is 12.2. The standard InChI is InChI=1S/C17H19NO2S/c1-17(2,3)13-10-8-12(9-11-13)16-14-6-4-5-7-15(14)21(19,20)18-16/h4-11,16,18H,1-3H3. The van der Waals surface area contributed by atoms with Crippen molar-refractivity contribution in [3.63, 3.8) is 0 Å². The fraction of sp³-hybridized carbons (Fsp3) is 0.294. The largest absolute Gasteiger partial charge is 0.241 e. The molecule has 21 heavy (non-hydrogen) atoms. The normalized spacial score (nSPS) is 20.2. The predicted molar refractivity (Wildman–Crippen MR) is 83.7 cm³/mol. The zero-order valence-electron chi connectivity index (χ0n) is 12.4. The number of nitrogens with one attached hydrogen (secondary N) is 1. The summed E-state index contributed by atoms with van der Waals surface area (Å²) in [6, 6.07) is 15.0. The maximum atomic E-state index is 12.2. The molecule has 1 N–H and O–H groups in total. The van der Waals surface area contributed by atoms with Crippen LogP contribution in [0.5, 0.6) is 0 Å². The van der Waals surface area contributed by atoms with Gasteiger partial charge in [-0.2, -0.15) is 4.72 Å². The van der Waals surface area contributed by atoms with Crippen molar-refractivity contribution >= 4 is 10.0 Å². The van der Waals surface area contributed by atoms with Crippen LogP contribution in [0.25, 0.3) is 0 Å². The van der Waals surface area contributed by atoms with Gasteiger partial charge in [-0.3, -0.25) is 0 Å². The molecule has 0 bridgehead atoms. The van der Waals surface area contributed by atoms with Crippen LogP contribution < -0.4 is 4.72 Å². The molecule has 3 nitrogen and oxygen atoms in total. The molecule has 0 saturated carbocycles. The first-order valence-corrected chi connectivity index (χ1v) is 8.49. The monoisotopic (exact) mass is 301 g/mol. The molecule has 0 spiro atoms. The third kappa shape index (κ3) is 2.49. The van der Waals surface area contributed by atoms with Gasteiger partial charge < -0.3 is 0 Å². The molecule has 1 aliphatic heterocycles. The Labute approximate surface area is 126 Å². The smallest absolute Gasteiger partial charge is 0.207 e. The topological polar surface area (TPSA) is 46.2 Å². The Morgan fingerprint density at radius 3 is 2.19 bits per heavy atom. The molecule has 0 aliphatic carbocycles. The highest BCUT2D eigenvalue weighted by Gasteiger charge is 2.34. The van der Waals surface area contributed by atoms with Crippen molar-refractivity contribution in [2.24, 2.45) is 0 Å². The van der Waals surface area contributed by atoms with E-state index in [0.717, 1.165) is 11.1 Å². The van der Waals surface area contributed by atoms with E-state index in [0.29, 0.717) is 4.90 Å². The van der Waals surface area contributed by atoms with Crippen molar-refractivity contribution in [3.05, 3.63) is 65.2 Å². The molecule has 110 valence electrons. The molecule has 1 heterocycles. The quantitative estimate of drug-likeness (QED) is 0.878. The van der Waals surface area contributed by atoms with Gasteiger partial charge in [0.25, 0.3) is 0 Å². The van der Waals surface area contributed by atoms with E-state index in [-0.39, 0.29) is 11.5 Å². The summed E-state index contributed by atoms with van der Waals surface area (Å²) in [4.78, 5) is 0.384.